The summed E-state index contributed by atoms with van der Waals surface area (Å²) in [6.45, 7) is 3.85. The molecule has 7 heteroatoms. The average Bonchev–Trinajstić information content (AvgIpc) is 2.62. The Hall–Kier alpha value is -3.09. The van der Waals surface area contributed by atoms with E-state index in [4.69, 9.17) is 14.3 Å². The Bertz CT molecular complexity index is 793. The highest BCUT2D eigenvalue weighted by Gasteiger charge is 2.08. The highest BCUT2D eigenvalue weighted by molar-refractivity contribution is 5.91. The monoisotopic (exact) mass is 360 g/mol. The summed E-state index contributed by atoms with van der Waals surface area (Å²) in [5.41, 5.74) is 1.59. The summed E-state index contributed by atoms with van der Waals surface area (Å²) in [6.07, 6.45) is 1.44. The van der Waals surface area contributed by atoms with Gasteiger partial charge in [0.15, 0.2) is 18.1 Å². The molecule has 138 valence electrons. The summed E-state index contributed by atoms with van der Waals surface area (Å²) < 4.78 is 24.3. The van der Waals surface area contributed by atoms with E-state index in [0.717, 1.165) is 11.1 Å². The Balaban J connectivity index is 1.87. The SMILES string of the molecule is CCOc1ccc(/C=N/OCC(=O)Nc2ccc(C)cc2F)cc1OC. The largest absolute Gasteiger partial charge is 0.493 e. The van der Waals surface area contributed by atoms with E-state index in [9.17, 15) is 9.18 Å². The van der Waals surface area contributed by atoms with Gasteiger partial charge < -0.3 is 19.6 Å². The molecule has 2 aromatic rings. The van der Waals surface area contributed by atoms with Gasteiger partial charge in [-0.05, 0) is 49.7 Å². The van der Waals surface area contributed by atoms with Gasteiger partial charge in [0, 0.05) is 5.56 Å². The molecule has 0 aromatic heterocycles. The summed E-state index contributed by atoms with van der Waals surface area (Å²) in [5.74, 6) is 0.202. The van der Waals surface area contributed by atoms with Crippen molar-refractivity contribution in [1.82, 2.24) is 0 Å². The second-order valence-electron chi connectivity index (χ2n) is 5.38. The van der Waals surface area contributed by atoms with E-state index >= 15 is 0 Å². The van der Waals surface area contributed by atoms with Gasteiger partial charge in [-0.15, -0.1) is 0 Å². The predicted octanol–water partition coefficient (Wildman–Crippen LogP) is 3.53. The number of carbonyl (C=O) groups excluding carboxylic acids is 1. The van der Waals surface area contributed by atoms with Gasteiger partial charge in [-0.3, -0.25) is 4.79 Å². The maximum atomic E-state index is 13.7. The van der Waals surface area contributed by atoms with Crippen LogP contribution in [0, 0.1) is 12.7 Å². The van der Waals surface area contributed by atoms with Crippen LogP contribution in [-0.4, -0.2) is 32.4 Å². The highest BCUT2D eigenvalue weighted by Crippen LogP contribution is 2.27. The van der Waals surface area contributed by atoms with Crippen molar-refractivity contribution < 1.29 is 23.5 Å². The quantitative estimate of drug-likeness (QED) is 0.578. The van der Waals surface area contributed by atoms with E-state index in [0.29, 0.717) is 18.1 Å². The molecular weight excluding hydrogens is 339 g/mol. The zero-order valence-corrected chi connectivity index (χ0v) is 14.9. The minimum Gasteiger partial charge on any atom is -0.493 e. The number of halogens is 1. The van der Waals surface area contributed by atoms with E-state index in [-0.39, 0.29) is 12.3 Å². The third kappa shape index (κ3) is 5.47. The van der Waals surface area contributed by atoms with Gasteiger partial charge in [-0.2, -0.15) is 0 Å². The first-order valence-electron chi connectivity index (χ1n) is 8.05. The molecule has 6 nitrogen and oxygen atoms in total. The summed E-state index contributed by atoms with van der Waals surface area (Å²) in [6, 6.07) is 9.82. The van der Waals surface area contributed by atoms with Gasteiger partial charge >= 0.3 is 0 Å². The van der Waals surface area contributed by atoms with Crippen molar-refractivity contribution in [2.75, 3.05) is 25.6 Å². The lowest BCUT2D eigenvalue weighted by atomic mass is 10.2. The number of anilines is 1. The molecule has 0 aliphatic rings. The molecule has 0 aliphatic carbocycles. The van der Waals surface area contributed by atoms with Gasteiger partial charge in [-0.25, -0.2) is 4.39 Å². The van der Waals surface area contributed by atoms with Crippen LogP contribution in [-0.2, 0) is 9.63 Å². The van der Waals surface area contributed by atoms with Crippen LogP contribution in [0.15, 0.2) is 41.6 Å². The van der Waals surface area contributed by atoms with Crippen LogP contribution < -0.4 is 14.8 Å². The van der Waals surface area contributed by atoms with Crippen molar-refractivity contribution in [2.24, 2.45) is 5.16 Å². The first-order chi connectivity index (χ1) is 12.5. The smallest absolute Gasteiger partial charge is 0.265 e. The molecule has 0 heterocycles. The topological polar surface area (TPSA) is 69.2 Å². The molecule has 2 aromatic carbocycles. The van der Waals surface area contributed by atoms with Crippen LogP contribution in [0.3, 0.4) is 0 Å². The van der Waals surface area contributed by atoms with E-state index in [1.807, 2.05) is 6.92 Å². The van der Waals surface area contributed by atoms with Crippen LogP contribution in [0.25, 0.3) is 0 Å². The molecule has 0 unspecified atom stereocenters. The Labute approximate surface area is 151 Å². The zero-order chi connectivity index (χ0) is 18.9. The number of oxime groups is 1. The van der Waals surface area contributed by atoms with Crippen LogP contribution in [0.1, 0.15) is 18.1 Å². The second-order valence-corrected chi connectivity index (χ2v) is 5.38. The first-order valence-corrected chi connectivity index (χ1v) is 8.05. The molecule has 0 aliphatic heterocycles. The Morgan fingerprint density at radius 2 is 2.04 bits per heavy atom. The number of hydrogen-bond acceptors (Lipinski definition) is 5. The summed E-state index contributed by atoms with van der Waals surface area (Å²) in [4.78, 5) is 16.7. The number of methoxy groups -OCH3 is 1. The Morgan fingerprint density at radius 3 is 2.73 bits per heavy atom. The van der Waals surface area contributed by atoms with Crippen molar-refractivity contribution in [3.63, 3.8) is 0 Å². The van der Waals surface area contributed by atoms with Crippen molar-refractivity contribution in [3.05, 3.63) is 53.3 Å². The van der Waals surface area contributed by atoms with E-state index in [1.54, 1.807) is 38.3 Å². The number of nitrogens with one attached hydrogen (secondary N) is 1. The normalized spacial score (nSPS) is 10.6. The van der Waals surface area contributed by atoms with E-state index in [1.165, 1.54) is 18.3 Å². The van der Waals surface area contributed by atoms with Crippen LogP contribution in [0.2, 0.25) is 0 Å². The van der Waals surface area contributed by atoms with Gasteiger partial charge in [0.25, 0.3) is 5.91 Å². The second kappa shape index (κ2) is 9.41. The summed E-state index contributed by atoms with van der Waals surface area (Å²) in [5, 5.41) is 6.16. The third-order valence-electron chi connectivity index (χ3n) is 3.36. The average molecular weight is 360 g/mol. The number of benzene rings is 2. The number of nitrogens with zero attached hydrogens (tertiary/aromatic N) is 1. The standard InChI is InChI=1S/C19H21FN2O4/c1-4-25-17-8-6-14(10-18(17)24-3)11-21-26-12-19(23)22-16-7-5-13(2)9-15(16)20/h5-11H,4,12H2,1-3H3,(H,22,23)/b21-11+. The minimum absolute atomic E-state index is 0.101. The maximum Gasteiger partial charge on any atom is 0.265 e. The molecule has 0 spiro atoms. The fraction of sp³-hybridized carbons (Fsp3) is 0.263. The van der Waals surface area contributed by atoms with Crippen LogP contribution in [0.5, 0.6) is 11.5 Å². The van der Waals surface area contributed by atoms with Crippen LogP contribution >= 0.6 is 0 Å². The minimum atomic E-state index is -0.505. The number of aryl methyl sites for hydroxylation is 1. The molecule has 0 fully saturated rings. The van der Waals surface area contributed by atoms with Gasteiger partial charge in [0.05, 0.1) is 25.6 Å². The van der Waals surface area contributed by atoms with Crippen molar-refractivity contribution in [1.29, 1.82) is 0 Å². The molecular formula is C19H21FN2O4. The zero-order valence-electron chi connectivity index (χ0n) is 14.9. The van der Waals surface area contributed by atoms with Crippen molar-refractivity contribution in [2.45, 2.75) is 13.8 Å². The lowest BCUT2D eigenvalue weighted by molar-refractivity contribution is -0.120. The van der Waals surface area contributed by atoms with Gasteiger partial charge in [-0.1, -0.05) is 11.2 Å². The lowest BCUT2D eigenvalue weighted by Gasteiger charge is -2.09. The summed E-state index contributed by atoms with van der Waals surface area (Å²) >= 11 is 0. The molecule has 1 N–H and O–H groups in total. The highest BCUT2D eigenvalue weighted by atomic mass is 19.1. The fourth-order valence-corrected chi connectivity index (χ4v) is 2.14. The first kappa shape index (κ1) is 19.2. The molecule has 1 amide bonds. The number of ether oxygens (including phenoxy) is 2. The maximum absolute atomic E-state index is 13.7. The van der Waals surface area contributed by atoms with Gasteiger partial charge in [0.2, 0.25) is 0 Å². The third-order valence-corrected chi connectivity index (χ3v) is 3.36. The number of carbonyl (C=O) groups is 1. The molecule has 2 rings (SSSR count). The number of hydrogen-bond donors (Lipinski definition) is 1. The fourth-order valence-electron chi connectivity index (χ4n) is 2.14. The Kier molecular flexibility index (Phi) is 6.96. The molecule has 0 radical (unpaired) electrons. The molecule has 26 heavy (non-hydrogen) atoms. The Morgan fingerprint density at radius 1 is 1.23 bits per heavy atom. The van der Waals surface area contributed by atoms with Gasteiger partial charge in [0.1, 0.15) is 5.82 Å². The molecule has 0 atom stereocenters. The van der Waals surface area contributed by atoms with Crippen molar-refractivity contribution in [3.8, 4) is 11.5 Å². The number of rotatable bonds is 8. The predicted molar refractivity (Wildman–Crippen MR) is 97.5 cm³/mol. The van der Waals surface area contributed by atoms with Crippen molar-refractivity contribution >= 4 is 17.8 Å². The molecule has 0 saturated heterocycles. The van der Waals surface area contributed by atoms with E-state index < -0.39 is 11.7 Å². The van der Waals surface area contributed by atoms with E-state index in [2.05, 4.69) is 10.5 Å². The number of amides is 1. The molecule has 0 bridgehead atoms. The summed E-state index contributed by atoms with van der Waals surface area (Å²) in [7, 11) is 1.55. The lowest BCUT2D eigenvalue weighted by Crippen LogP contribution is -2.17. The molecule has 0 saturated carbocycles. The van der Waals surface area contributed by atoms with Crippen LogP contribution in [0.4, 0.5) is 10.1 Å².